The molecule has 5 rings (SSSR count). The van der Waals surface area contributed by atoms with Crippen molar-refractivity contribution in [3.8, 4) is 0 Å². The number of piperidine rings is 1. The standard InChI is InChI=1S/C21H32N2O3/c1-26-10-2-7-23-13-21(12-16(23)24)5-8-22(9-6-21)20(25)19-17-14-3-4-15(11-14)18(17)19/h14-15,17-19H,2-13H2,1H3/t14-,15+,17+,18-,19?. The second-order valence-corrected chi connectivity index (χ2v) is 9.68. The zero-order valence-corrected chi connectivity index (χ0v) is 16.0. The SMILES string of the molecule is COCCCN1CC2(CCN(C(=O)C3[C@@H]4[C@H]5CC[C@H](C5)[C@H]34)CC2)CC1=O. The quantitative estimate of drug-likeness (QED) is 0.706. The minimum absolute atomic E-state index is 0.124. The molecule has 5 fully saturated rings. The van der Waals surface area contributed by atoms with Crippen LogP contribution in [0.4, 0.5) is 0 Å². The molecule has 0 aromatic rings. The van der Waals surface area contributed by atoms with Gasteiger partial charge in [0.25, 0.3) is 0 Å². The highest BCUT2D eigenvalue weighted by atomic mass is 16.5. The third-order valence-electron chi connectivity index (χ3n) is 8.34. The Morgan fingerprint density at radius 3 is 2.54 bits per heavy atom. The minimum Gasteiger partial charge on any atom is -0.385 e. The number of rotatable bonds is 5. The molecule has 2 amide bonds. The van der Waals surface area contributed by atoms with E-state index in [4.69, 9.17) is 4.74 Å². The first-order valence-electron chi connectivity index (χ1n) is 10.7. The Morgan fingerprint density at radius 2 is 1.88 bits per heavy atom. The lowest BCUT2D eigenvalue weighted by Gasteiger charge is -2.39. The van der Waals surface area contributed by atoms with Crippen LogP contribution in [0.1, 0.15) is 44.9 Å². The molecule has 1 unspecified atom stereocenters. The van der Waals surface area contributed by atoms with Crippen LogP contribution in [0.25, 0.3) is 0 Å². The number of fused-ring (bicyclic) bond motifs is 5. The van der Waals surface area contributed by atoms with Crippen LogP contribution in [-0.4, -0.2) is 61.5 Å². The molecule has 2 saturated heterocycles. The van der Waals surface area contributed by atoms with Crippen LogP contribution in [0.2, 0.25) is 0 Å². The van der Waals surface area contributed by atoms with Gasteiger partial charge in [-0.1, -0.05) is 0 Å². The highest BCUT2D eigenvalue weighted by Crippen LogP contribution is 2.69. The smallest absolute Gasteiger partial charge is 0.226 e. The van der Waals surface area contributed by atoms with Crippen LogP contribution in [0, 0.1) is 35.0 Å². The minimum atomic E-state index is 0.124. The summed E-state index contributed by atoms with van der Waals surface area (Å²) < 4.78 is 5.11. The van der Waals surface area contributed by atoms with Gasteiger partial charge in [0.05, 0.1) is 0 Å². The number of carbonyl (C=O) groups excluding carboxylic acids is 2. The molecule has 144 valence electrons. The fourth-order valence-corrected chi connectivity index (χ4v) is 6.99. The van der Waals surface area contributed by atoms with Crippen LogP contribution in [-0.2, 0) is 14.3 Å². The monoisotopic (exact) mass is 360 g/mol. The fraction of sp³-hybridized carbons (Fsp3) is 0.905. The maximum atomic E-state index is 13.0. The summed E-state index contributed by atoms with van der Waals surface area (Å²) in [6.07, 6.45) is 7.75. The zero-order valence-electron chi connectivity index (χ0n) is 16.0. The van der Waals surface area contributed by atoms with Crippen LogP contribution < -0.4 is 0 Å². The number of likely N-dealkylation sites (tertiary alicyclic amines) is 2. The molecule has 0 aromatic heterocycles. The molecule has 2 aliphatic heterocycles. The highest BCUT2D eigenvalue weighted by Gasteiger charge is 2.68. The first-order chi connectivity index (χ1) is 12.6. The molecular weight excluding hydrogens is 328 g/mol. The lowest BCUT2D eigenvalue weighted by molar-refractivity contribution is -0.135. The zero-order chi connectivity index (χ0) is 17.9. The van der Waals surface area contributed by atoms with Gasteiger partial charge in [-0.25, -0.2) is 0 Å². The highest BCUT2D eigenvalue weighted by molar-refractivity contribution is 5.83. The van der Waals surface area contributed by atoms with Gasteiger partial charge in [-0.05, 0) is 62.2 Å². The van der Waals surface area contributed by atoms with E-state index < -0.39 is 0 Å². The molecule has 26 heavy (non-hydrogen) atoms. The third kappa shape index (κ3) is 2.61. The van der Waals surface area contributed by atoms with Gasteiger partial charge in [-0.3, -0.25) is 9.59 Å². The molecule has 5 atom stereocenters. The van der Waals surface area contributed by atoms with E-state index in [2.05, 4.69) is 4.90 Å². The summed E-state index contributed by atoms with van der Waals surface area (Å²) in [7, 11) is 1.71. The maximum absolute atomic E-state index is 13.0. The van der Waals surface area contributed by atoms with Crippen molar-refractivity contribution in [2.45, 2.75) is 44.9 Å². The Morgan fingerprint density at radius 1 is 1.19 bits per heavy atom. The van der Waals surface area contributed by atoms with Gasteiger partial charge < -0.3 is 14.5 Å². The number of methoxy groups -OCH3 is 1. The normalized spacial score (nSPS) is 39.7. The second kappa shape index (κ2) is 6.22. The van der Waals surface area contributed by atoms with Crippen LogP contribution in [0.5, 0.6) is 0 Å². The summed E-state index contributed by atoms with van der Waals surface area (Å²) in [4.78, 5) is 29.6. The maximum Gasteiger partial charge on any atom is 0.226 e. The molecular formula is C21H32N2O3. The summed E-state index contributed by atoms with van der Waals surface area (Å²) in [5, 5.41) is 0. The predicted octanol–water partition coefficient (Wildman–Crippen LogP) is 2.16. The van der Waals surface area contributed by atoms with E-state index in [1.807, 2.05) is 4.90 Å². The second-order valence-electron chi connectivity index (χ2n) is 9.68. The van der Waals surface area contributed by atoms with Crippen LogP contribution in [0.3, 0.4) is 0 Å². The number of ether oxygens (including phenoxy) is 1. The number of amides is 2. The van der Waals surface area contributed by atoms with Crippen molar-refractivity contribution in [1.29, 1.82) is 0 Å². The van der Waals surface area contributed by atoms with Crippen molar-refractivity contribution in [2.24, 2.45) is 35.0 Å². The first-order valence-corrected chi connectivity index (χ1v) is 10.7. The fourth-order valence-electron chi connectivity index (χ4n) is 6.99. The van der Waals surface area contributed by atoms with Gasteiger partial charge in [0.15, 0.2) is 0 Å². The number of hydrogen-bond donors (Lipinski definition) is 0. The van der Waals surface area contributed by atoms with Crippen molar-refractivity contribution in [1.82, 2.24) is 9.80 Å². The van der Waals surface area contributed by atoms with E-state index in [-0.39, 0.29) is 5.41 Å². The Kier molecular flexibility index (Phi) is 4.07. The summed E-state index contributed by atoms with van der Waals surface area (Å²) >= 11 is 0. The largest absolute Gasteiger partial charge is 0.385 e. The number of carbonyl (C=O) groups is 2. The van der Waals surface area contributed by atoms with E-state index >= 15 is 0 Å². The Labute approximate surface area is 156 Å². The molecule has 3 saturated carbocycles. The molecule has 1 spiro atoms. The van der Waals surface area contributed by atoms with Crippen LogP contribution in [0.15, 0.2) is 0 Å². The summed E-state index contributed by atoms with van der Waals surface area (Å²) in [5.74, 6) is 4.32. The summed E-state index contributed by atoms with van der Waals surface area (Å²) in [5.41, 5.74) is 0.124. The van der Waals surface area contributed by atoms with Crippen molar-refractivity contribution in [2.75, 3.05) is 39.9 Å². The Hall–Kier alpha value is -1.10. The number of hydrogen-bond acceptors (Lipinski definition) is 3. The van der Waals surface area contributed by atoms with Gasteiger partial charge in [0, 0.05) is 57.6 Å². The molecule has 0 radical (unpaired) electrons. The van der Waals surface area contributed by atoms with E-state index in [0.717, 1.165) is 69.1 Å². The molecule has 0 N–H and O–H groups in total. The van der Waals surface area contributed by atoms with Gasteiger partial charge in [0.2, 0.25) is 11.8 Å². The lowest BCUT2D eigenvalue weighted by Crippen LogP contribution is -2.45. The molecule has 2 bridgehead atoms. The van der Waals surface area contributed by atoms with E-state index in [1.165, 1.54) is 19.3 Å². The predicted molar refractivity (Wildman–Crippen MR) is 97.2 cm³/mol. The Bertz CT molecular complexity index is 582. The summed E-state index contributed by atoms with van der Waals surface area (Å²) in [6, 6.07) is 0. The molecule has 0 aromatic carbocycles. The molecule has 5 aliphatic rings. The third-order valence-corrected chi connectivity index (χ3v) is 8.34. The Balaban J connectivity index is 1.15. The van der Waals surface area contributed by atoms with E-state index in [1.54, 1.807) is 7.11 Å². The molecule has 5 heteroatoms. The lowest BCUT2D eigenvalue weighted by atomic mass is 9.77. The summed E-state index contributed by atoms with van der Waals surface area (Å²) in [6.45, 7) is 4.14. The van der Waals surface area contributed by atoms with Gasteiger partial charge in [-0.15, -0.1) is 0 Å². The average molecular weight is 360 g/mol. The van der Waals surface area contributed by atoms with Gasteiger partial charge in [0.1, 0.15) is 0 Å². The van der Waals surface area contributed by atoms with E-state index in [0.29, 0.717) is 30.8 Å². The molecule has 3 aliphatic carbocycles. The molecule has 5 nitrogen and oxygen atoms in total. The van der Waals surface area contributed by atoms with Gasteiger partial charge >= 0.3 is 0 Å². The van der Waals surface area contributed by atoms with Crippen molar-refractivity contribution < 1.29 is 14.3 Å². The average Bonchev–Trinajstić information content (AvgIpc) is 2.91. The van der Waals surface area contributed by atoms with Crippen LogP contribution >= 0.6 is 0 Å². The van der Waals surface area contributed by atoms with Crippen molar-refractivity contribution >= 4 is 11.8 Å². The molecule has 2 heterocycles. The first kappa shape index (κ1) is 17.0. The van der Waals surface area contributed by atoms with Crippen molar-refractivity contribution in [3.05, 3.63) is 0 Å². The number of nitrogens with zero attached hydrogens (tertiary/aromatic N) is 2. The topological polar surface area (TPSA) is 49.9 Å². The van der Waals surface area contributed by atoms with Gasteiger partial charge in [-0.2, -0.15) is 0 Å². The van der Waals surface area contributed by atoms with Crippen molar-refractivity contribution in [3.63, 3.8) is 0 Å². The van der Waals surface area contributed by atoms with E-state index in [9.17, 15) is 9.59 Å².